The molecule has 4 atom stereocenters. The smallest absolute Gasteiger partial charge is 0.307 e. The van der Waals surface area contributed by atoms with E-state index >= 15 is 0 Å². The highest BCUT2D eigenvalue weighted by atomic mass is 19.1. The van der Waals surface area contributed by atoms with Gasteiger partial charge in [-0.15, -0.1) is 0 Å². The predicted molar refractivity (Wildman–Crippen MR) is 100 cm³/mol. The van der Waals surface area contributed by atoms with Crippen molar-refractivity contribution in [2.24, 2.45) is 11.8 Å². The second-order valence-electron chi connectivity index (χ2n) is 7.31. The first-order chi connectivity index (χ1) is 12.8. The molecule has 0 saturated carbocycles. The molecule has 1 fully saturated rings. The van der Waals surface area contributed by atoms with Gasteiger partial charge in [-0.3, -0.25) is 9.59 Å². The van der Waals surface area contributed by atoms with Crippen molar-refractivity contribution in [1.29, 1.82) is 0 Å². The molecular formula is C20H25FN2O4. The maximum atomic E-state index is 14.6. The fraction of sp³-hybridized carbons (Fsp3) is 0.500. The Labute approximate surface area is 158 Å². The standard InChI is InChI=1S/C20H25FN2O4/c1-12-10-23(11-13(2)27-12)18-8-7-14(9-17(18)21)22-19(24)15-5-3-4-6-16(15)20(25)26/h3-4,7-9,12-13,15-16H,5-6,10-11H2,1-2H3,(H,22,24)(H,25,26)/t12-,13+,15-,16-/m1/s1. The number of hydrogen-bond acceptors (Lipinski definition) is 4. The highest BCUT2D eigenvalue weighted by molar-refractivity contribution is 5.95. The van der Waals surface area contributed by atoms with Gasteiger partial charge in [0.2, 0.25) is 5.91 Å². The molecule has 3 rings (SSSR count). The van der Waals surface area contributed by atoms with Crippen molar-refractivity contribution < 1.29 is 23.8 Å². The molecule has 146 valence electrons. The minimum absolute atomic E-state index is 0.0137. The molecule has 1 aromatic rings. The maximum absolute atomic E-state index is 14.6. The van der Waals surface area contributed by atoms with E-state index in [0.29, 0.717) is 37.3 Å². The Balaban J connectivity index is 1.71. The third kappa shape index (κ3) is 4.47. The number of nitrogens with zero attached hydrogens (tertiary/aromatic N) is 1. The molecular weight excluding hydrogens is 351 g/mol. The number of carbonyl (C=O) groups excluding carboxylic acids is 1. The van der Waals surface area contributed by atoms with E-state index in [2.05, 4.69) is 5.32 Å². The van der Waals surface area contributed by atoms with Gasteiger partial charge in [0, 0.05) is 18.8 Å². The van der Waals surface area contributed by atoms with E-state index < -0.39 is 29.5 Å². The number of halogens is 1. The zero-order valence-corrected chi connectivity index (χ0v) is 15.5. The zero-order valence-electron chi connectivity index (χ0n) is 15.5. The molecule has 0 radical (unpaired) electrons. The van der Waals surface area contributed by atoms with Crippen LogP contribution >= 0.6 is 0 Å². The number of anilines is 2. The summed E-state index contributed by atoms with van der Waals surface area (Å²) in [5.41, 5.74) is 0.799. The number of allylic oxidation sites excluding steroid dienone is 2. The second-order valence-corrected chi connectivity index (χ2v) is 7.31. The molecule has 27 heavy (non-hydrogen) atoms. The Morgan fingerprint density at radius 1 is 1.15 bits per heavy atom. The van der Waals surface area contributed by atoms with Crippen LogP contribution in [0.4, 0.5) is 15.8 Å². The Morgan fingerprint density at radius 3 is 2.37 bits per heavy atom. The molecule has 0 bridgehead atoms. The monoisotopic (exact) mass is 376 g/mol. The van der Waals surface area contributed by atoms with Crippen LogP contribution in [0.5, 0.6) is 0 Å². The van der Waals surface area contributed by atoms with Gasteiger partial charge in [-0.1, -0.05) is 12.2 Å². The van der Waals surface area contributed by atoms with Crippen LogP contribution in [0.3, 0.4) is 0 Å². The fourth-order valence-electron chi connectivity index (χ4n) is 3.83. The van der Waals surface area contributed by atoms with Gasteiger partial charge in [0.25, 0.3) is 0 Å². The van der Waals surface area contributed by atoms with E-state index in [9.17, 15) is 19.1 Å². The fourth-order valence-corrected chi connectivity index (χ4v) is 3.83. The number of carboxylic acids is 1. The van der Waals surface area contributed by atoms with Crippen molar-refractivity contribution in [2.45, 2.75) is 38.9 Å². The first kappa shape index (κ1) is 19.4. The van der Waals surface area contributed by atoms with E-state index in [1.807, 2.05) is 24.8 Å². The lowest BCUT2D eigenvalue weighted by Gasteiger charge is -2.37. The molecule has 6 nitrogen and oxygen atoms in total. The summed E-state index contributed by atoms with van der Waals surface area (Å²) in [6.07, 6.45) is 4.32. The summed E-state index contributed by atoms with van der Waals surface area (Å²) in [7, 11) is 0. The summed E-state index contributed by atoms with van der Waals surface area (Å²) in [6.45, 7) is 5.10. The number of aliphatic carboxylic acids is 1. The lowest BCUT2D eigenvalue weighted by atomic mass is 9.82. The number of hydrogen-bond donors (Lipinski definition) is 2. The number of nitrogens with one attached hydrogen (secondary N) is 1. The summed E-state index contributed by atoms with van der Waals surface area (Å²) in [5, 5.41) is 12.0. The minimum Gasteiger partial charge on any atom is -0.481 e. The quantitative estimate of drug-likeness (QED) is 0.790. The lowest BCUT2D eigenvalue weighted by Crippen LogP contribution is -2.45. The van der Waals surface area contributed by atoms with E-state index in [1.165, 1.54) is 6.07 Å². The maximum Gasteiger partial charge on any atom is 0.307 e. The molecule has 1 saturated heterocycles. The van der Waals surface area contributed by atoms with Crippen molar-refractivity contribution in [2.75, 3.05) is 23.3 Å². The summed E-state index contributed by atoms with van der Waals surface area (Å²) >= 11 is 0. The van der Waals surface area contributed by atoms with Gasteiger partial charge in [0.1, 0.15) is 5.82 Å². The van der Waals surface area contributed by atoms with Crippen LogP contribution in [-0.2, 0) is 14.3 Å². The normalized spacial score (nSPS) is 28.0. The summed E-state index contributed by atoms with van der Waals surface area (Å²) in [6, 6.07) is 4.58. The minimum atomic E-state index is -0.989. The van der Waals surface area contributed by atoms with E-state index in [4.69, 9.17) is 4.74 Å². The van der Waals surface area contributed by atoms with Crippen molar-refractivity contribution in [3.63, 3.8) is 0 Å². The molecule has 7 heteroatoms. The van der Waals surface area contributed by atoms with Crippen LogP contribution < -0.4 is 10.2 Å². The van der Waals surface area contributed by atoms with Crippen LogP contribution in [0.25, 0.3) is 0 Å². The van der Waals surface area contributed by atoms with E-state index in [-0.39, 0.29) is 12.2 Å². The third-order valence-corrected chi connectivity index (χ3v) is 5.06. The topological polar surface area (TPSA) is 78.9 Å². The zero-order chi connectivity index (χ0) is 19.6. The second kappa shape index (κ2) is 8.08. The van der Waals surface area contributed by atoms with Crippen molar-refractivity contribution in [1.82, 2.24) is 0 Å². The SMILES string of the molecule is C[C@@H]1CN(c2ccc(NC(=O)[C@@H]3CC=CC[C@H]3C(=O)O)cc2F)C[C@H](C)O1. The van der Waals surface area contributed by atoms with Gasteiger partial charge in [-0.2, -0.15) is 0 Å². The van der Waals surface area contributed by atoms with Crippen molar-refractivity contribution in [3.8, 4) is 0 Å². The Kier molecular flexibility index (Phi) is 5.79. The lowest BCUT2D eigenvalue weighted by molar-refractivity contribution is -0.146. The molecule has 1 aliphatic carbocycles. The van der Waals surface area contributed by atoms with Crippen molar-refractivity contribution in [3.05, 3.63) is 36.2 Å². The van der Waals surface area contributed by atoms with Crippen LogP contribution in [-0.4, -0.2) is 42.3 Å². The number of rotatable bonds is 4. The van der Waals surface area contributed by atoms with Gasteiger partial charge >= 0.3 is 5.97 Å². The molecule has 0 unspecified atom stereocenters. The Bertz CT molecular complexity index is 741. The van der Waals surface area contributed by atoms with Gasteiger partial charge < -0.3 is 20.1 Å². The number of carbonyl (C=O) groups is 2. The average molecular weight is 376 g/mol. The number of carboxylic acid groups (broad SMARTS) is 1. The number of morpholine rings is 1. The van der Waals surface area contributed by atoms with Crippen LogP contribution in [0.2, 0.25) is 0 Å². The average Bonchev–Trinajstić information content (AvgIpc) is 2.60. The first-order valence-electron chi connectivity index (χ1n) is 9.23. The van der Waals surface area contributed by atoms with Crippen LogP contribution in [0, 0.1) is 17.7 Å². The molecule has 1 amide bonds. The van der Waals surface area contributed by atoms with Gasteiger partial charge in [0.05, 0.1) is 29.7 Å². The molecule has 2 aliphatic rings. The highest BCUT2D eigenvalue weighted by Gasteiger charge is 2.34. The predicted octanol–water partition coefficient (Wildman–Crippen LogP) is 3.04. The third-order valence-electron chi connectivity index (χ3n) is 5.06. The van der Waals surface area contributed by atoms with Crippen LogP contribution in [0.15, 0.2) is 30.4 Å². The van der Waals surface area contributed by atoms with Crippen LogP contribution in [0.1, 0.15) is 26.7 Å². The molecule has 0 spiro atoms. The summed E-state index contributed by atoms with van der Waals surface area (Å²) in [4.78, 5) is 25.8. The molecule has 2 N–H and O–H groups in total. The molecule has 0 aromatic heterocycles. The first-order valence-corrected chi connectivity index (χ1v) is 9.23. The number of ether oxygens (including phenoxy) is 1. The summed E-state index contributed by atoms with van der Waals surface area (Å²) in [5.74, 6) is -3.22. The molecule has 1 aliphatic heterocycles. The Hall–Kier alpha value is -2.41. The largest absolute Gasteiger partial charge is 0.481 e. The van der Waals surface area contributed by atoms with Gasteiger partial charge in [0.15, 0.2) is 0 Å². The summed E-state index contributed by atoms with van der Waals surface area (Å²) < 4.78 is 20.3. The Morgan fingerprint density at radius 2 is 1.78 bits per heavy atom. The van der Waals surface area contributed by atoms with Gasteiger partial charge in [-0.25, -0.2) is 4.39 Å². The van der Waals surface area contributed by atoms with Crippen molar-refractivity contribution >= 4 is 23.3 Å². The van der Waals surface area contributed by atoms with E-state index in [0.717, 1.165) is 0 Å². The molecule has 1 heterocycles. The molecule has 1 aromatic carbocycles. The highest BCUT2D eigenvalue weighted by Crippen LogP contribution is 2.29. The van der Waals surface area contributed by atoms with E-state index in [1.54, 1.807) is 18.2 Å². The number of benzene rings is 1. The number of amides is 1. The van der Waals surface area contributed by atoms with Gasteiger partial charge in [-0.05, 0) is 44.9 Å².